The van der Waals surface area contributed by atoms with E-state index in [4.69, 9.17) is 0 Å². The number of carbonyl (C=O) groups is 1. The number of hydrogen-bond donors (Lipinski definition) is 0. The van der Waals surface area contributed by atoms with Crippen LogP contribution in [0.25, 0.3) is 16.6 Å². The number of pyridine rings is 1. The number of carbonyl (C=O) groups excluding carboxylic acids is 1. The standard InChI is InChI=1S/C31H32F2N2O/c1-18(2)21-9-11-22(12-10-21)31(15-16-31)17-27(36)23-13-14-26-28(29-24(32)7-6-8-25(29)33)20(5)34-35(26)30(23)19(3)4/h6-14,18-19H,15-17H2,1-5H3. The summed E-state index contributed by atoms with van der Waals surface area (Å²) in [6.45, 7) is 10.1. The SMILES string of the molecule is Cc1nn2c(C(C)C)c(C(=O)CC3(c4ccc(C(C)C)cc4)CC3)ccc2c1-c1c(F)cccc1F. The summed E-state index contributed by atoms with van der Waals surface area (Å²) in [6, 6.07) is 16.2. The van der Waals surface area contributed by atoms with Crippen molar-refractivity contribution in [3.63, 3.8) is 0 Å². The second kappa shape index (κ2) is 8.95. The Labute approximate surface area is 211 Å². The number of benzene rings is 2. The highest BCUT2D eigenvalue weighted by molar-refractivity contribution is 5.99. The van der Waals surface area contributed by atoms with Crippen molar-refractivity contribution in [3.05, 3.63) is 94.3 Å². The fourth-order valence-electron chi connectivity index (χ4n) is 5.42. The summed E-state index contributed by atoms with van der Waals surface area (Å²) >= 11 is 0. The molecule has 3 nitrogen and oxygen atoms in total. The molecule has 0 amide bonds. The molecule has 1 saturated carbocycles. The first-order valence-corrected chi connectivity index (χ1v) is 12.7. The van der Waals surface area contributed by atoms with Gasteiger partial charge in [-0.15, -0.1) is 0 Å². The Kier molecular flexibility index (Phi) is 6.06. The summed E-state index contributed by atoms with van der Waals surface area (Å²) in [6.07, 6.45) is 2.43. The predicted octanol–water partition coefficient (Wildman–Crippen LogP) is 8.14. The zero-order valence-electron chi connectivity index (χ0n) is 21.5. The molecule has 2 heterocycles. The minimum atomic E-state index is -0.626. The van der Waals surface area contributed by atoms with Crippen LogP contribution in [0.3, 0.4) is 0 Å². The average molecular weight is 487 g/mol. The number of rotatable bonds is 7. The monoisotopic (exact) mass is 486 g/mol. The molecule has 36 heavy (non-hydrogen) atoms. The van der Waals surface area contributed by atoms with Crippen molar-refractivity contribution in [2.45, 2.75) is 71.1 Å². The van der Waals surface area contributed by atoms with Gasteiger partial charge in [0.2, 0.25) is 0 Å². The number of aryl methyl sites for hydroxylation is 1. The largest absolute Gasteiger partial charge is 0.294 e. The van der Waals surface area contributed by atoms with Crippen LogP contribution in [0.2, 0.25) is 0 Å². The Morgan fingerprint density at radius 3 is 2.11 bits per heavy atom. The molecule has 5 heteroatoms. The molecule has 0 atom stereocenters. The Hall–Kier alpha value is -3.34. The van der Waals surface area contributed by atoms with E-state index in [9.17, 15) is 13.6 Å². The highest BCUT2D eigenvalue weighted by atomic mass is 19.1. The van der Waals surface area contributed by atoms with Gasteiger partial charge in [-0.25, -0.2) is 13.3 Å². The number of fused-ring (bicyclic) bond motifs is 1. The lowest BCUT2D eigenvalue weighted by Crippen LogP contribution is -2.17. The summed E-state index contributed by atoms with van der Waals surface area (Å²) in [7, 11) is 0. The molecule has 5 rings (SSSR count). The third-order valence-electron chi connectivity index (χ3n) is 7.61. The molecule has 0 spiro atoms. The molecule has 2 aromatic heterocycles. The molecular formula is C31H32F2N2O. The van der Waals surface area contributed by atoms with E-state index < -0.39 is 11.6 Å². The van der Waals surface area contributed by atoms with Crippen LogP contribution in [0, 0.1) is 18.6 Å². The number of ketones is 1. The van der Waals surface area contributed by atoms with Crippen LogP contribution in [0.1, 0.15) is 91.7 Å². The molecule has 1 aliphatic rings. The number of Topliss-reactive ketones (excluding diaryl/α,β-unsaturated/α-hetero) is 1. The fraction of sp³-hybridized carbons (Fsp3) is 0.355. The van der Waals surface area contributed by atoms with E-state index in [0.717, 1.165) is 18.5 Å². The van der Waals surface area contributed by atoms with Gasteiger partial charge >= 0.3 is 0 Å². The third-order valence-corrected chi connectivity index (χ3v) is 7.61. The maximum atomic E-state index is 14.7. The lowest BCUT2D eigenvalue weighted by Gasteiger charge is -2.19. The molecule has 2 aromatic carbocycles. The van der Waals surface area contributed by atoms with Gasteiger partial charge in [-0.05, 0) is 67.0 Å². The molecular weight excluding hydrogens is 454 g/mol. The predicted molar refractivity (Wildman–Crippen MR) is 140 cm³/mol. The zero-order valence-corrected chi connectivity index (χ0v) is 21.5. The van der Waals surface area contributed by atoms with Crippen molar-refractivity contribution in [1.82, 2.24) is 9.61 Å². The van der Waals surface area contributed by atoms with Crippen LogP contribution in [0.5, 0.6) is 0 Å². The van der Waals surface area contributed by atoms with Crippen molar-refractivity contribution < 1.29 is 13.6 Å². The van der Waals surface area contributed by atoms with E-state index in [1.54, 1.807) is 17.5 Å². The first kappa shape index (κ1) is 24.4. The molecule has 0 unspecified atom stereocenters. The Morgan fingerprint density at radius 1 is 0.917 bits per heavy atom. The van der Waals surface area contributed by atoms with E-state index in [-0.39, 0.29) is 22.7 Å². The van der Waals surface area contributed by atoms with Crippen molar-refractivity contribution in [3.8, 4) is 11.1 Å². The van der Waals surface area contributed by atoms with E-state index in [1.165, 1.54) is 29.3 Å². The Balaban J connectivity index is 1.55. The zero-order chi connectivity index (χ0) is 25.8. The van der Waals surface area contributed by atoms with Gasteiger partial charge in [0.05, 0.1) is 22.5 Å². The number of aromatic nitrogens is 2. The van der Waals surface area contributed by atoms with Gasteiger partial charge in [-0.2, -0.15) is 5.10 Å². The van der Waals surface area contributed by atoms with Crippen LogP contribution < -0.4 is 0 Å². The molecule has 4 aromatic rings. The first-order valence-electron chi connectivity index (χ1n) is 12.7. The van der Waals surface area contributed by atoms with Gasteiger partial charge in [0.15, 0.2) is 5.78 Å². The molecule has 0 bridgehead atoms. The number of hydrogen-bond acceptors (Lipinski definition) is 2. The highest BCUT2D eigenvalue weighted by Gasteiger charge is 2.46. The lowest BCUT2D eigenvalue weighted by molar-refractivity contribution is 0.0967. The summed E-state index contributed by atoms with van der Waals surface area (Å²) in [5.74, 6) is -0.711. The van der Waals surface area contributed by atoms with Crippen molar-refractivity contribution in [1.29, 1.82) is 0 Å². The van der Waals surface area contributed by atoms with E-state index in [0.29, 0.717) is 34.7 Å². The van der Waals surface area contributed by atoms with Crippen LogP contribution in [0.15, 0.2) is 54.6 Å². The maximum absolute atomic E-state index is 14.7. The summed E-state index contributed by atoms with van der Waals surface area (Å²) in [4.78, 5) is 13.7. The third kappa shape index (κ3) is 4.04. The van der Waals surface area contributed by atoms with Crippen molar-refractivity contribution in [2.75, 3.05) is 0 Å². The van der Waals surface area contributed by atoms with Crippen LogP contribution >= 0.6 is 0 Å². The number of halogens is 2. The highest BCUT2D eigenvalue weighted by Crippen LogP contribution is 2.52. The average Bonchev–Trinajstić information content (AvgIpc) is 3.54. The van der Waals surface area contributed by atoms with Crippen molar-refractivity contribution >= 4 is 11.3 Å². The maximum Gasteiger partial charge on any atom is 0.165 e. The van der Waals surface area contributed by atoms with Crippen LogP contribution in [-0.2, 0) is 5.41 Å². The summed E-state index contributed by atoms with van der Waals surface area (Å²) < 4.78 is 31.1. The first-order chi connectivity index (χ1) is 17.1. The van der Waals surface area contributed by atoms with Gasteiger partial charge in [0, 0.05) is 23.0 Å². The van der Waals surface area contributed by atoms with E-state index >= 15 is 0 Å². The fourth-order valence-corrected chi connectivity index (χ4v) is 5.42. The minimum absolute atomic E-state index is 0.00857. The lowest BCUT2D eigenvalue weighted by atomic mass is 9.86. The second-order valence-corrected chi connectivity index (χ2v) is 10.8. The Bertz CT molecular complexity index is 1440. The molecule has 0 aliphatic heterocycles. The molecule has 1 aliphatic carbocycles. The van der Waals surface area contributed by atoms with Gasteiger partial charge < -0.3 is 0 Å². The van der Waals surface area contributed by atoms with Gasteiger partial charge in [-0.1, -0.05) is 58.0 Å². The number of nitrogens with zero attached hydrogens (tertiary/aromatic N) is 2. The van der Waals surface area contributed by atoms with Crippen LogP contribution in [0.4, 0.5) is 8.78 Å². The summed E-state index contributed by atoms with van der Waals surface area (Å²) in [5, 5.41) is 4.66. The molecule has 0 radical (unpaired) electrons. The normalized spacial score (nSPS) is 14.7. The second-order valence-electron chi connectivity index (χ2n) is 10.8. The smallest absolute Gasteiger partial charge is 0.165 e. The quantitative estimate of drug-likeness (QED) is 0.247. The summed E-state index contributed by atoms with van der Waals surface area (Å²) in [5.41, 5.74) is 5.27. The minimum Gasteiger partial charge on any atom is -0.294 e. The molecule has 1 fully saturated rings. The van der Waals surface area contributed by atoms with Gasteiger partial charge in [-0.3, -0.25) is 4.79 Å². The molecule has 186 valence electrons. The molecule has 0 saturated heterocycles. The topological polar surface area (TPSA) is 34.4 Å². The van der Waals surface area contributed by atoms with E-state index in [2.05, 4.69) is 43.2 Å². The molecule has 0 N–H and O–H groups in total. The van der Waals surface area contributed by atoms with Gasteiger partial charge in [0.25, 0.3) is 0 Å². The van der Waals surface area contributed by atoms with E-state index in [1.807, 2.05) is 19.9 Å². The van der Waals surface area contributed by atoms with Crippen LogP contribution in [-0.4, -0.2) is 15.4 Å². The van der Waals surface area contributed by atoms with Gasteiger partial charge in [0.1, 0.15) is 11.6 Å². The van der Waals surface area contributed by atoms with Crippen molar-refractivity contribution in [2.24, 2.45) is 0 Å². The Morgan fingerprint density at radius 2 is 1.56 bits per heavy atom.